The summed E-state index contributed by atoms with van der Waals surface area (Å²) in [6.07, 6.45) is 3.53. The van der Waals surface area contributed by atoms with Crippen molar-refractivity contribution < 1.29 is 9.47 Å². The molecule has 1 aliphatic heterocycles. The molecule has 0 radical (unpaired) electrons. The van der Waals surface area contributed by atoms with Crippen molar-refractivity contribution in [2.24, 2.45) is 5.92 Å². The van der Waals surface area contributed by atoms with Crippen LogP contribution in [-0.4, -0.2) is 20.3 Å². The van der Waals surface area contributed by atoms with Gasteiger partial charge >= 0.3 is 0 Å². The lowest BCUT2D eigenvalue weighted by Gasteiger charge is -2.04. The second-order valence-electron chi connectivity index (χ2n) is 4.07. The summed E-state index contributed by atoms with van der Waals surface area (Å²) in [6, 6.07) is 10.1. The molecule has 1 aromatic rings. The molecule has 1 N–H and O–H groups in total. The molecule has 0 saturated carbocycles. The molecule has 2 rings (SSSR count). The summed E-state index contributed by atoms with van der Waals surface area (Å²) in [5, 5.41) is 3.09. The first-order valence-electron chi connectivity index (χ1n) is 5.85. The van der Waals surface area contributed by atoms with Crippen molar-refractivity contribution >= 4 is 0 Å². The molecule has 0 aliphatic carbocycles. The number of methoxy groups -OCH3 is 1. The van der Waals surface area contributed by atoms with Gasteiger partial charge in [0.15, 0.2) is 0 Å². The van der Waals surface area contributed by atoms with Gasteiger partial charge in [0.25, 0.3) is 0 Å². The standard InChI is InChI=1S/C8H10O.C6H11NO/c1-9-7-8-5-3-2-4-6-8;1-6-4-7-2-3-8-5-6/h2-6H,7H2,1H3;2-3,6-7H,4-5H2,1H3. The third-order valence-electron chi connectivity index (χ3n) is 2.28. The molecule has 3 nitrogen and oxygen atoms in total. The maximum Gasteiger partial charge on any atom is 0.0985 e. The van der Waals surface area contributed by atoms with Gasteiger partial charge in [0.2, 0.25) is 0 Å². The zero-order chi connectivity index (χ0) is 12.3. The van der Waals surface area contributed by atoms with Crippen LogP contribution in [0.25, 0.3) is 0 Å². The van der Waals surface area contributed by atoms with E-state index < -0.39 is 0 Å². The lowest BCUT2D eigenvalue weighted by Crippen LogP contribution is -2.15. The van der Waals surface area contributed by atoms with Crippen molar-refractivity contribution in [3.63, 3.8) is 0 Å². The number of benzene rings is 1. The van der Waals surface area contributed by atoms with Crippen molar-refractivity contribution in [1.29, 1.82) is 0 Å². The molecule has 1 atom stereocenters. The summed E-state index contributed by atoms with van der Waals surface area (Å²) in [5.41, 5.74) is 1.22. The fourth-order valence-corrected chi connectivity index (χ4v) is 1.39. The van der Waals surface area contributed by atoms with Gasteiger partial charge in [0.1, 0.15) is 0 Å². The Morgan fingerprint density at radius 2 is 2.12 bits per heavy atom. The number of rotatable bonds is 2. The Bertz CT molecular complexity index is 301. The minimum Gasteiger partial charge on any atom is -0.499 e. The summed E-state index contributed by atoms with van der Waals surface area (Å²) in [4.78, 5) is 0. The van der Waals surface area contributed by atoms with Crippen molar-refractivity contribution in [2.45, 2.75) is 13.5 Å². The zero-order valence-electron chi connectivity index (χ0n) is 10.6. The largest absolute Gasteiger partial charge is 0.499 e. The molecule has 0 fully saturated rings. The maximum atomic E-state index is 5.06. The van der Waals surface area contributed by atoms with Gasteiger partial charge in [0, 0.05) is 25.8 Å². The van der Waals surface area contributed by atoms with Crippen molar-refractivity contribution in [2.75, 3.05) is 20.3 Å². The third kappa shape index (κ3) is 6.64. The first-order valence-corrected chi connectivity index (χ1v) is 5.85. The minimum absolute atomic E-state index is 0.630. The fourth-order valence-electron chi connectivity index (χ4n) is 1.39. The Kier molecular flexibility index (Phi) is 6.91. The van der Waals surface area contributed by atoms with E-state index in [0.29, 0.717) is 12.5 Å². The molecular weight excluding hydrogens is 214 g/mol. The van der Waals surface area contributed by atoms with Crippen molar-refractivity contribution in [3.05, 3.63) is 48.4 Å². The smallest absolute Gasteiger partial charge is 0.0985 e. The molecule has 0 saturated heterocycles. The Morgan fingerprint density at radius 1 is 1.35 bits per heavy atom. The van der Waals surface area contributed by atoms with Crippen LogP contribution in [0.2, 0.25) is 0 Å². The van der Waals surface area contributed by atoms with Crippen LogP contribution in [0.15, 0.2) is 42.8 Å². The van der Waals surface area contributed by atoms with Gasteiger partial charge in [-0.25, -0.2) is 0 Å². The average molecular weight is 235 g/mol. The highest BCUT2D eigenvalue weighted by atomic mass is 16.5. The Morgan fingerprint density at radius 3 is 2.82 bits per heavy atom. The van der Waals surface area contributed by atoms with Crippen LogP contribution in [0.1, 0.15) is 12.5 Å². The van der Waals surface area contributed by atoms with Crippen molar-refractivity contribution in [3.8, 4) is 0 Å². The van der Waals surface area contributed by atoms with Crippen LogP contribution in [0, 0.1) is 5.92 Å². The van der Waals surface area contributed by atoms with Gasteiger partial charge in [-0.05, 0) is 5.56 Å². The van der Waals surface area contributed by atoms with Crippen LogP contribution in [0.3, 0.4) is 0 Å². The molecule has 1 heterocycles. The van der Waals surface area contributed by atoms with Crippen LogP contribution in [0.5, 0.6) is 0 Å². The van der Waals surface area contributed by atoms with Gasteiger partial charge < -0.3 is 14.8 Å². The molecule has 17 heavy (non-hydrogen) atoms. The second kappa shape index (κ2) is 8.65. The quantitative estimate of drug-likeness (QED) is 0.854. The summed E-state index contributed by atoms with van der Waals surface area (Å²) in [5.74, 6) is 0.630. The number of hydrogen-bond donors (Lipinski definition) is 1. The van der Waals surface area contributed by atoms with Gasteiger partial charge in [-0.3, -0.25) is 0 Å². The van der Waals surface area contributed by atoms with Gasteiger partial charge in [-0.1, -0.05) is 37.3 Å². The monoisotopic (exact) mass is 235 g/mol. The molecule has 0 bridgehead atoms. The molecule has 3 heteroatoms. The molecule has 0 amide bonds. The topological polar surface area (TPSA) is 30.5 Å². The number of nitrogens with one attached hydrogen (secondary N) is 1. The van der Waals surface area contributed by atoms with Crippen LogP contribution in [0.4, 0.5) is 0 Å². The third-order valence-corrected chi connectivity index (χ3v) is 2.28. The average Bonchev–Trinajstić information content (AvgIpc) is 2.60. The van der Waals surface area contributed by atoms with Crippen LogP contribution in [-0.2, 0) is 16.1 Å². The van der Waals surface area contributed by atoms with Gasteiger partial charge in [-0.15, -0.1) is 0 Å². The summed E-state index contributed by atoms with van der Waals surface area (Å²) >= 11 is 0. The minimum atomic E-state index is 0.630. The highest BCUT2D eigenvalue weighted by Gasteiger charge is 2.00. The van der Waals surface area contributed by atoms with Crippen molar-refractivity contribution in [1.82, 2.24) is 5.32 Å². The summed E-state index contributed by atoms with van der Waals surface area (Å²) in [6.45, 7) is 4.72. The molecule has 0 spiro atoms. The molecule has 94 valence electrons. The Hall–Kier alpha value is -1.48. The fraction of sp³-hybridized carbons (Fsp3) is 0.429. The van der Waals surface area contributed by atoms with E-state index in [9.17, 15) is 0 Å². The SMILES string of the molecule is CC1CNC=COC1.COCc1ccccc1. The predicted molar refractivity (Wildman–Crippen MR) is 69.4 cm³/mol. The van der Waals surface area contributed by atoms with Crippen LogP contribution >= 0.6 is 0 Å². The summed E-state index contributed by atoms with van der Waals surface area (Å²) < 4.78 is 9.99. The maximum absolute atomic E-state index is 5.06. The van der Waals surface area contributed by atoms with E-state index in [2.05, 4.69) is 12.2 Å². The highest BCUT2D eigenvalue weighted by molar-refractivity contribution is 5.13. The lowest BCUT2D eigenvalue weighted by atomic mass is 10.2. The van der Waals surface area contributed by atoms with E-state index in [1.165, 1.54) is 5.56 Å². The van der Waals surface area contributed by atoms with E-state index in [1.54, 1.807) is 13.4 Å². The number of hydrogen-bond acceptors (Lipinski definition) is 3. The molecule has 1 aliphatic rings. The van der Waals surface area contributed by atoms with E-state index in [0.717, 1.165) is 13.2 Å². The molecule has 1 aromatic carbocycles. The Labute approximate surface area is 103 Å². The van der Waals surface area contributed by atoms with Gasteiger partial charge in [0.05, 0.1) is 19.5 Å². The Balaban J connectivity index is 0.000000171. The highest BCUT2D eigenvalue weighted by Crippen LogP contribution is 1.98. The molecular formula is C14H21NO2. The lowest BCUT2D eigenvalue weighted by molar-refractivity contribution is 0.185. The second-order valence-corrected chi connectivity index (χ2v) is 4.07. The van der Waals surface area contributed by atoms with E-state index in [4.69, 9.17) is 9.47 Å². The molecule has 1 unspecified atom stereocenters. The number of ether oxygens (including phenoxy) is 2. The van der Waals surface area contributed by atoms with Crippen LogP contribution < -0.4 is 5.32 Å². The summed E-state index contributed by atoms with van der Waals surface area (Å²) in [7, 11) is 1.70. The van der Waals surface area contributed by atoms with E-state index >= 15 is 0 Å². The first-order chi connectivity index (χ1) is 8.33. The zero-order valence-corrected chi connectivity index (χ0v) is 10.6. The van der Waals surface area contributed by atoms with Gasteiger partial charge in [-0.2, -0.15) is 0 Å². The first kappa shape index (κ1) is 13.6. The predicted octanol–water partition coefficient (Wildman–Crippen LogP) is 2.55. The normalized spacial score (nSPS) is 18.1. The molecule has 0 aromatic heterocycles. The van der Waals surface area contributed by atoms with E-state index in [-0.39, 0.29) is 0 Å². The van der Waals surface area contributed by atoms with E-state index in [1.807, 2.05) is 36.5 Å².